The lowest BCUT2D eigenvalue weighted by atomic mass is 9.93. The summed E-state index contributed by atoms with van der Waals surface area (Å²) in [5.41, 5.74) is 0. The number of allylic oxidation sites excluding steroid dienone is 2. The number of likely N-dealkylation sites (N-methyl/N-ethyl adjacent to an activating group) is 1. The van der Waals surface area contributed by atoms with E-state index in [1.54, 1.807) is 14.1 Å². The first kappa shape index (κ1) is 35.4. The molecule has 0 spiro atoms. The molecule has 2 unspecified atom stereocenters. The van der Waals surface area contributed by atoms with Crippen LogP contribution in [0.15, 0.2) is 12.2 Å². The number of hydroxylamine groups is 2. The number of hydrogen-bond acceptors (Lipinski definition) is 6. The van der Waals surface area contributed by atoms with E-state index in [4.69, 9.17) is 9.57 Å². The predicted octanol–water partition coefficient (Wildman–Crippen LogP) is 4.59. The van der Waals surface area contributed by atoms with Gasteiger partial charge in [0.1, 0.15) is 18.2 Å². The maximum Gasteiger partial charge on any atom is 0.408 e. The first-order chi connectivity index (χ1) is 19.0. The number of cyclic esters (lactones) is 1. The lowest BCUT2D eigenvalue weighted by Crippen LogP contribution is -2.55. The van der Waals surface area contributed by atoms with E-state index < -0.39 is 35.9 Å². The Morgan fingerprint density at radius 1 is 1.05 bits per heavy atom. The molecule has 0 bridgehead atoms. The highest BCUT2D eigenvalue weighted by atomic mass is 16.7. The lowest BCUT2D eigenvalue weighted by Gasteiger charge is -2.29. The number of rotatable bonds is 11. The van der Waals surface area contributed by atoms with Crippen molar-refractivity contribution in [2.45, 2.75) is 116 Å². The molecule has 230 valence electrons. The van der Waals surface area contributed by atoms with Crippen molar-refractivity contribution in [2.75, 3.05) is 28.3 Å². The van der Waals surface area contributed by atoms with Gasteiger partial charge in [-0.15, -0.1) is 0 Å². The second-order valence-corrected chi connectivity index (χ2v) is 11.4. The third-order valence-corrected chi connectivity index (χ3v) is 7.21. The number of carbonyl (C=O) groups is 4. The number of unbranched alkanes of at least 4 members (excludes halogenated alkanes) is 4. The van der Waals surface area contributed by atoms with Crippen LogP contribution in [0.1, 0.15) is 97.8 Å². The van der Waals surface area contributed by atoms with E-state index in [-0.39, 0.29) is 24.3 Å². The normalized spacial score (nSPS) is 24.0. The fraction of sp³-hybridized carbons (Fsp3) is 0.800. The number of nitrogens with one attached hydrogen (secondary N) is 2. The molecular weight excluding hydrogens is 512 g/mol. The molecule has 1 rings (SSSR count). The Morgan fingerprint density at radius 2 is 1.75 bits per heavy atom. The summed E-state index contributed by atoms with van der Waals surface area (Å²) < 4.78 is 5.82. The van der Waals surface area contributed by atoms with Crippen LogP contribution in [0.4, 0.5) is 4.79 Å². The molecule has 2 N–H and O–H groups in total. The number of carbonyl (C=O) groups excluding carboxylic acids is 4. The van der Waals surface area contributed by atoms with Crippen molar-refractivity contribution in [2.24, 2.45) is 11.8 Å². The number of alkyl carbamates (subject to hydrolysis) is 1. The van der Waals surface area contributed by atoms with Crippen molar-refractivity contribution in [1.82, 2.24) is 20.6 Å². The highest BCUT2D eigenvalue weighted by Gasteiger charge is 2.33. The summed E-state index contributed by atoms with van der Waals surface area (Å²) in [5, 5.41) is 6.60. The van der Waals surface area contributed by atoms with E-state index in [2.05, 4.69) is 17.6 Å². The van der Waals surface area contributed by atoms with Gasteiger partial charge in [-0.2, -0.15) is 0 Å². The van der Waals surface area contributed by atoms with Gasteiger partial charge in [0.05, 0.1) is 7.11 Å². The largest absolute Gasteiger partial charge is 0.446 e. The molecule has 0 saturated heterocycles. The summed E-state index contributed by atoms with van der Waals surface area (Å²) in [6.45, 7) is 6.09. The van der Waals surface area contributed by atoms with Crippen LogP contribution in [0.25, 0.3) is 0 Å². The van der Waals surface area contributed by atoms with E-state index >= 15 is 0 Å². The van der Waals surface area contributed by atoms with E-state index in [1.807, 2.05) is 26.0 Å². The summed E-state index contributed by atoms with van der Waals surface area (Å²) in [4.78, 5) is 59.3. The first-order valence-corrected chi connectivity index (χ1v) is 14.9. The molecule has 1 aliphatic heterocycles. The predicted molar refractivity (Wildman–Crippen MR) is 156 cm³/mol. The summed E-state index contributed by atoms with van der Waals surface area (Å²) in [7, 11) is 6.18. The average molecular weight is 567 g/mol. The number of nitrogens with zero attached hydrogens (tertiary/aromatic N) is 2. The topological polar surface area (TPSA) is 117 Å². The quantitative estimate of drug-likeness (QED) is 0.215. The van der Waals surface area contributed by atoms with Gasteiger partial charge in [0.25, 0.3) is 5.91 Å². The van der Waals surface area contributed by atoms with Crippen molar-refractivity contribution in [3.05, 3.63) is 12.2 Å². The van der Waals surface area contributed by atoms with Gasteiger partial charge in [0.15, 0.2) is 0 Å². The molecule has 0 aliphatic carbocycles. The van der Waals surface area contributed by atoms with Crippen LogP contribution in [0.3, 0.4) is 0 Å². The zero-order valence-corrected chi connectivity index (χ0v) is 25.9. The monoisotopic (exact) mass is 566 g/mol. The third-order valence-electron chi connectivity index (χ3n) is 7.21. The molecule has 10 heteroatoms. The molecule has 1 aliphatic rings. The van der Waals surface area contributed by atoms with Crippen molar-refractivity contribution >= 4 is 23.8 Å². The molecule has 0 aromatic heterocycles. The van der Waals surface area contributed by atoms with Gasteiger partial charge < -0.3 is 20.3 Å². The standard InChI is InChI=1S/C30H54N4O6/c1-8-9-10-11-15-18-24-19-16-13-12-14-17-23(28(36)33(4)5)21-26(29(37)34(6)39-7)31-27(35)25(20-22(2)3)32-30(38)40-24/h12,14,22-26H,8-11,13,15-21H2,1-7H3,(H,31,35)(H,32,38)/b14-12+/t23?,24?,25-,26-/m0/s1. The molecular formula is C30H54N4O6. The van der Waals surface area contributed by atoms with Gasteiger partial charge in [-0.3, -0.25) is 19.2 Å². The van der Waals surface area contributed by atoms with Crippen LogP contribution < -0.4 is 10.6 Å². The highest BCUT2D eigenvalue weighted by molar-refractivity contribution is 5.91. The Balaban J connectivity index is 3.26. The SMILES string of the molecule is CCCCCCCC1CCC/C=C/CC(C(=O)N(C)C)C[C@@H](C(=O)N(C)OC)NC(=O)[C@H](CC(C)C)NC(=O)O1. The molecule has 0 radical (unpaired) electrons. The van der Waals surface area contributed by atoms with Gasteiger partial charge in [-0.1, -0.05) is 58.6 Å². The van der Waals surface area contributed by atoms with Gasteiger partial charge in [-0.05, 0) is 57.3 Å². The molecule has 40 heavy (non-hydrogen) atoms. The summed E-state index contributed by atoms with van der Waals surface area (Å²) in [5.74, 6) is -1.52. The van der Waals surface area contributed by atoms with Crippen LogP contribution in [0, 0.1) is 11.8 Å². The zero-order chi connectivity index (χ0) is 30.1. The first-order valence-electron chi connectivity index (χ1n) is 14.9. The molecule has 0 saturated carbocycles. The van der Waals surface area contributed by atoms with E-state index in [0.717, 1.165) is 43.6 Å². The summed E-state index contributed by atoms with van der Waals surface area (Å²) in [6, 6.07) is -1.91. The second kappa shape index (κ2) is 19.5. The zero-order valence-electron chi connectivity index (χ0n) is 25.9. The van der Waals surface area contributed by atoms with E-state index in [9.17, 15) is 19.2 Å². The minimum Gasteiger partial charge on any atom is -0.446 e. The van der Waals surface area contributed by atoms with Crippen LogP contribution in [0.5, 0.6) is 0 Å². The number of hydrogen-bond donors (Lipinski definition) is 2. The third kappa shape index (κ3) is 13.6. The Kier molecular flexibility index (Phi) is 17.2. The minimum absolute atomic E-state index is 0.0958. The van der Waals surface area contributed by atoms with Gasteiger partial charge in [0, 0.05) is 27.1 Å². The smallest absolute Gasteiger partial charge is 0.408 e. The van der Waals surface area contributed by atoms with Crippen molar-refractivity contribution in [3.8, 4) is 0 Å². The molecule has 4 atom stereocenters. The molecule has 0 aromatic rings. The number of ether oxygens (including phenoxy) is 1. The molecule has 0 aromatic carbocycles. The second-order valence-electron chi connectivity index (χ2n) is 11.4. The maximum absolute atomic E-state index is 13.5. The lowest BCUT2D eigenvalue weighted by molar-refractivity contribution is -0.172. The van der Waals surface area contributed by atoms with E-state index in [0.29, 0.717) is 12.8 Å². The Morgan fingerprint density at radius 3 is 2.38 bits per heavy atom. The van der Waals surface area contributed by atoms with Crippen molar-refractivity contribution < 1.29 is 28.8 Å². The van der Waals surface area contributed by atoms with Gasteiger partial charge in [0.2, 0.25) is 11.8 Å². The van der Waals surface area contributed by atoms with Crippen LogP contribution in [-0.2, 0) is 24.0 Å². The molecule has 4 amide bonds. The minimum atomic E-state index is -1.02. The van der Waals surface area contributed by atoms with Crippen molar-refractivity contribution in [3.63, 3.8) is 0 Å². The molecule has 1 heterocycles. The van der Waals surface area contributed by atoms with Gasteiger partial charge in [-0.25, -0.2) is 9.86 Å². The fourth-order valence-corrected chi connectivity index (χ4v) is 4.86. The molecule has 0 fully saturated rings. The summed E-state index contributed by atoms with van der Waals surface area (Å²) in [6.07, 6.45) is 12.8. The van der Waals surface area contributed by atoms with E-state index in [1.165, 1.54) is 38.3 Å². The maximum atomic E-state index is 13.5. The summed E-state index contributed by atoms with van der Waals surface area (Å²) >= 11 is 0. The van der Waals surface area contributed by atoms with Gasteiger partial charge >= 0.3 is 6.09 Å². The van der Waals surface area contributed by atoms with Crippen molar-refractivity contribution in [1.29, 1.82) is 0 Å². The fourth-order valence-electron chi connectivity index (χ4n) is 4.86. The Labute approximate surface area is 241 Å². The van der Waals surface area contributed by atoms with Crippen LogP contribution in [0.2, 0.25) is 0 Å². The number of amides is 4. The van der Waals surface area contributed by atoms with Crippen LogP contribution in [-0.4, -0.2) is 80.2 Å². The highest BCUT2D eigenvalue weighted by Crippen LogP contribution is 2.20. The molecule has 10 nitrogen and oxygen atoms in total. The Hall–Kier alpha value is -2.62. The average Bonchev–Trinajstić information content (AvgIpc) is 2.90. The van der Waals surface area contributed by atoms with Crippen LogP contribution >= 0.6 is 0 Å². The Bertz CT molecular complexity index is 816.